The zero-order valence-corrected chi connectivity index (χ0v) is 10.6. The van der Waals surface area contributed by atoms with Crippen LogP contribution in [-0.4, -0.2) is 39.9 Å². The van der Waals surface area contributed by atoms with Gasteiger partial charge in [0.2, 0.25) is 11.1 Å². The molecule has 1 aromatic rings. The molecule has 2 rings (SSSR count). The first-order valence-electron chi connectivity index (χ1n) is 5.72. The van der Waals surface area contributed by atoms with Gasteiger partial charge in [-0.05, 0) is 32.7 Å². The molecule has 0 radical (unpaired) electrons. The second kappa shape index (κ2) is 4.97. The maximum atomic E-state index is 5.46. The van der Waals surface area contributed by atoms with Gasteiger partial charge in [-0.2, -0.15) is 9.36 Å². The van der Waals surface area contributed by atoms with Crippen LogP contribution in [0.1, 0.15) is 20.3 Å². The molecule has 1 fully saturated rings. The van der Waals surface area contributed by atoms with Gasteiger partial charge in [0.1, 0.15) is 0 Å². The monoisotopic (exact) mass is 241 g/mol. The van der Waals surface area contributed by atoms with Crippen LogP contribution in [0.25, 0.3) is 0 Å². The predicted octanol–water partition coefficient (Wildman–Crippen LogP) is 1.26. The number of nitrogens with two attached hydrogens (primary N) is 1. The van der Waals surface area contributed by atoms with Crippen molar-refractivity contribution in [2.75, 3.05) is 30.7 Å². The second-order valence-electron chi connectivity index (χ2n) is 4.58. The molecule has 1 saturated heterocycles. The molecule has 6 heteroatoms. The molecule has 0 bridgehead atoms. The van der Waals surface area contributed by atoms with Crippen molar-refractivity contribution in [1.82, 2.24) is 14.3 Å². The number of nitrogen functional groups attached to an aromatic ring is 1. The molecule has 1 aromatic heterocycles. The average molecular weight is 241 g/mol. The summed E-state index contributed by atoms with van der Waals surface area (Å²) >= 11 is 1.33. The molecule has 16 heavy (non-hydrogen) atoms. The van der Waals surface area contributed by atoms with E-state index in [0.29, 0.717) is 17.9 Å². The number of nitrogens with zero attached hydrogens (tertiary/aromatic N) is 3. The molecule has 0 spiro atoms. The summed E-state index contributed by atoms with van der Waals surface area (Å²) < 4.78 is 3.94. The number of likely N-dealkylation sites (tertiary alicyclic amines) is 1. The number of hydrogen-bond acceptors (Lipinski definition) is 6. The molecular weight excluding hydrogens is 222 g/mol. The van der Waals surface area contributed by atoms with E-state index in [-0.39, 0.29) is 0 Å². The van der Waals surface area contributed by atoms with Crippen LogP contribution in [0.2, 0.25) is 0 Å². The Kier molecular flexibility index (Phi) is 3.60. The summed E-state index contributed by atoms with van der Waals surface area (Å²) in [5.74, 6) is 1.08. The van der Waals surface area contributed by atoms with E-state index in [2.05, 4.69) is 33.4 Å². The lowest BCUT2D eigenvalue weighted by molar-refractivity contribution is 0.266. The third-order valence-corrected chi connectivity index (χ3v) is 3.72. The molecule has 1 unspecified atom stereocenters. The Balaban J connectivity index is 1.75. The van der Waals surface area contributed by atoms with Gasteiger partial charge in [-0.15, -0.1) is 0 Å². The highest BCUT2D eigenvalue weighted by atomic mass is 32.1. The van der Waals surface area contributed by atoms with Gasteiger partial charge in [0.15, 0.2) is 0 Å². The first-order valence-corrected chi connectivity index (χ1v) is 6.49. The van der Waals surface area contributed by atoms with Gasteiger partial charge in [-0.1, -0.05) is 0 Å². The van der Waals surface area contributed by atoms with E-state index in [9.17, 15) is 0 Å². The molecule has 5 nitrogen and oxygen atoms in total. The summed E-state index contributed by atoms with van der Waals surface area (Å²) in [6.45, 7) is 7.86. The van der Waals surface area contributed by atoms with Gasteiger partial charge in [0, 0.05) is 30.7 Å². The summed E-state index contributed by atoms with van der Waals surface area (Å²) in [6.07, 6.45) is 1.26. The van der Waals surface area contributed by atoms with Crippen molar-refractivity contribution in [3.05, 3.63) is 0 Å². The normalized spacial score (nSPS) is 21.8. The first-order chi connectivity index (χ1) is 7.65. The van der Waals surface area contributed by atoms with Crippen LogP contribution < -0.4 is 11.1 Å². The van der Waals surface area contributed by atoms with E-state index in [1.54, 1.807) is 0 Å². The summed E-state index contributed by atoms with van der Waals surface area (Å²) in [7, 11) is 0. The van der Waals surface area contributed by atoms with Crippen molar-refractivity contribution in [3.8, 4) is 0 Å². The first kappa shape index (κ1) is 11.6. The van der Waals surface area contributed by atoms with Gasteiger partial charge >= 0.3 is 0 Å². The van der Waals surface area contributed by atoms with Crippen molar-refractivity contribution in [2.24, 2.45) is 5.92 Å². The van der Waals surface area contributed by atoms with E-state index in [4.69, 9.17) is 5.73 Å². The Hall–Kier alpha value is -0.880. The fourth-order valence-corrected chi connectivity index (χ4v) is 2.54. The van der Waals surface area contributed by atoms with Crippen molar-refractivity contribution < 1.29 is 0 Å². The lowest BCUT2D eigenvalue weighted by atomic mass is 10.1. The van der Waals surface area contributed by atoms with Crippen molar-refractivity contribution in [3.63, 3.8) is 0 Å². The molecular formula is C10H19N5S. The van der Waals surface area contributed by atoms with Gasteiger partial charge in [0.25, 0.3) is 0 Å². The Bertz CT molecular complexity index is 338. The highest BCUT2D eigenvalue weighted by molar-refractivity contribution is 7.09. The fraction of sp³-hybridized carbons (Fsp3) is 0.800. The number of nitrogens with one attached hydrogen (secondary N) is 1. The van der Waals surface area contributed by atoms with Crippen LogP contribution in [0.15, 0.2) is 0 Å². The Labute approximate surface area is 100 Å². The van der Waals surface area contributed by atoms with E-state index >= 15 is 0 Å². The van der Waals surface area contributed by atoms with Crippen LogP contribution >= 0.6 is 11.5 Å². The highest BCUT2D eigenvalue weighted by Gasteiger charge is 2.23. The van der Waals surface area contributed by atoms with E-state index in [1.165, 1.54) is 31.0 Å². The third kappa shape index (κ3) is 2.82. The summed E-state index contributed by atoms with van der Waals surface area (Å²) in [4.78, 5) is 6.60. The van der Waals surface area contributed by atoms with Gasteiger partial charge in [-0.25, -0.2) is 0 Å². The third-order valence-electron chi connectivity index (χ3n) is 3.03. The van der Waals surface area contributed by atoms with Crippen LogP contribution in [-0.2, 0) is 0 Å². The minimum absolute atomic E-state index is 0.364. The predicted molar refractivity (Wildman–Crippen MR) is 67.6 cm³/mol. The van der Waals surface area contributed by atoms with Crippen molar-refractivity contribution in [2.45, 2.75) is 26.3 Å². The Morgan fingerprint density at radius 2 is 2.44 bits per heavy atom. The zero-order valence-electron chi connectivity index (χ0n) is 9.81. The highest BCUT2D eigenvalue weighted by Crippen LogP contribution is 2.20. The van der Waals surface area contributed by atoms with Crippen molar-refractivity contribution >= 4 is 22.6 Å². The molecule has 0 amide bonds. The average Bonchev–Trinajstić information content (AvgIpc) is 2.83. The van der Waals surface area contributed by atoms with Gasteiger partial charge in [0.05, 0.1) is 0 Å². The maximum Gasteiger partial charge on any atom is 0.233 e. The van der Waals surface area contributed by atoms with Crippen LogP contribution in [0.4, 0.5) is 11.1 Å². The Morgan fingerprint density at radius 3 is 3.00 bits per heavy atom. The smallest absolute Gasteiger partial charge is 0.233 e. The summed E-state index contributed by atoms with van der Waals surface area (Å²) in [6, 6.07) is 0.655. The quantitative estimate of drug-likeness (QED) is 0.831. The van der Waals surface area contributed by atoms with Crippen molar-refractivity contribution in [1.29, 1.82) is 0 Å². The van der Waals surface area contributed by atoms with E-state index in [1.807, 2.05) is 0 Å². The molecule has 1 aliphatic rings. The number of hydrogen-bond donors (Lipinski definition) is 2. The zero-order chi connectivity index (χ0) is 11.5. The van der Waals surface area contributed by atoms with Crippen LogP contribution in [0.3, 0.4) is 0 Å². The minimum Gasteiger partial charge on any atom is -0.367 e. The minimum atomic E-state index is 0.364. The molecule has 0 aliphatic carbocycles. The largest absolute Gasteiger partial charge is 0.367 e. The SMILES string of the molecule is CC(C)N1CCC(CNc2nc(N)ns2)C1. The number of anilines is 2. The molecule has 1 aliphatic heterocycles. The molecule has 2 heterocycles. The number of aromatic nitrogens is 2. The maximum absolute atomic E-state index is 5.46. The van der Waals surface area contributed by atoms with Gasteiger partial charge in [-0.3, -0.25) is 0 Å². The molecule has 3 N–H and O–H groups in total. The van der Waals surface area contributed by atoms with Crippen LogP contribution in [0.5, 0.6) is 0 Å². The van der Waals surface area contributed by atoms with Gasteiger partial charge < -0.3 is 16.0 Å². The lowest BCUT2D eigenvalue weighted by Gasteiger charge is -2.20. The summed E-state index contributed by atoms with van der Waals surface area (Å²) in [5.41, 5.74) is 5.46. The van der Waals surface area contributed by atoms with E-state index < -0.39 is 0 Å². The Morgan fingerprint density at radius 1 is 1.62 bits per heavy atom. The standard InChI is InChI=1S/C10H19N5S/c1-7(2)15-4-3-8(6-15)5-12-10-13-9(11)14-16-10/h7-8H,3-6H2,1-2H3,(H3,11,12,13,14). The topological polar surface area (TPSA) is 67.1 Å². The molecule has 0 saturated carbocycles. The fourth-order valence-electron chi connectivity index (χ4n) is 2.04. The summed E-state index contributed by atoms with van der Waals surface area (Å²) in [5, 5.41) is 4.14. The number of rotatable bonds is 4. The van der Waals surface area contributed by atoms with Crippen LogP contribution in [0, 0.1) is 5.92 Å². The molecule has 1 atom stereocenters. The lowest BCUT2D eigenvalue weighted by Crippen LogP contribution is -2.29. The molecule has 90 valence electrons. The second-order valence-corrected chi connectivity index (χ2v) is 5.33. The molecule has 0 aromatic carbocycles. The van der Waals surface area contributed by atoms with E-state index in [0.717, 1.165) is 11.7 Å².